The second-order valence-electron chi connectivity index (χ2n) is 4.99. The van der Waals surface area contributed by atoms with E-state index in [0.717, 1.165) is 19.0 Å². The summed E-state index contributed by atoms with van der Waals surface area (Å²) in [6.45, 7) is 8.75. The van der Waals surface area contributed by atoms with Gasteiger partial charge in [-0.25, -0.2) is 12.7 Å². The van der Waals surface area contributed by atoms with Crippen LogP contribution in [0.25, 0.3) is 0 Å². The van der Waals surface area contributed by atoms with Gasteiger partial charge in [0.1, 0.15) is 0 Å². The first kappa shape index (κ1) is 20.9. The van der Waals surface area contributed by atoms with E-state index in [0.29, 0.717) is 25.6 Å². The van der Waals surface area contributed by atoms with E-state index in [4.69, 9.17) is 0 Å². The monoisotopic (exact) mass is 432 g/mol. The summed E-state index contributed by atoms with van der Waals surface area (Å²) in [7, 11) is -3.16. The van der Waals surface area contributed by atoms with Crippen LogP contribution in [0.1, 0.15) is 33.6 Å². The van der Waals surface area contributed by atoms with Crippen LogP contribution >= 0.6 is 24.0 Å². The van der Waals surface area contributed by atoms with Gasteiger partial charge in [0.05, 0.1) is 5.75 Å². The topological polar surface area (TPSA) is 73.8 Å². The molecule has 6 nitrogen and oxygen atoms in total. The molecule has 0 heterocycles. The normalized spacial score (nSPS) is 15.7. The summed E-state index contributed by atoms with van der Waals surface area (Å²) < 4.78 is 25.6. The Hall–Kier alpha value is -0.0900. The third kappa shape index (κ3) is 8.20. The minimum atomic E-state index is -3.16. The molecule has 1 aliphatic carbocycles. The molecular formula is C13H29IN4O2S. The molecule has 126 valence electrons. The second kappa shape index (κ2) is 10.6. The highest BCUT2D eigenvalue weighted by atomic mass is 127. The molecular weight excluding hydrogens is 403 g/mol. The van der Waals surface area contributed by atoms with Crippen molar-refractivity contribution in [2.24, 2.45) is 10.9 Å². The molecule has 21 heavy (non-hydrogen) atoms. The first-order chi connectivity index (χ1) is 9.53. The number of nitrogens with one attached hydrogen (secondary N) is 2. The van der Waals surface area contributed by atoms with E-state index in [2.05, 4.69) is 15.6 Å². The summed E-state index contributed by atoms with van der Waals surface area (Å²) in [5.74, 6) is 1.54. The van der Waals surface area contributed by atoms with Crippen molar-refractivity contribution in [1.82, 2.24) is 14.9 Å². The van der Waals surface area contributed by atoms with Gasteiger partial charge < -0.3 is 10.6 Å². The van der Waals surface area contributed by atoms with Gasteiger partial charge >= 0.3 is 0 Å². The number of hydrogen-bond donors (Lipinski definition) is 2. The standard InChI is InChI=1S/C13H28N4O2S.HI/c1-4-14-13(16-11-12-7-8-12)15-9-10-20(18,19)17(5-2)6-3;/h12H,4-11H2,1-3H3,(H2,14,15,16);1H. The molecule has 1 rings (SSSR count). The number of halogens is 1. The predicted molar refractivity (Wildman–Crippen MR) is 98.8 cm³/mol. The highest BCUT2D eigenvalue weighted by molar-refractivity contribution is 14.0. The quantitative estimate of drug-likeness (QED) is 0.327. The lowest BCUT2D eigenvalue weighted by Crippen LogP contribution is -2.42. The fraction of sp³-hybridized carbons (Fsp3) is 0.923. The maximum absolute atomic E-state index is 12.0. The van der Waals surface area contributed by atoms with E-state index < -0.39 is 10.0 Å². The van der Waals surface area contributed by atoms with Crippen molar-refractivity contribution >= 4 is 40.0 Å². The Balaban J connectivity index is 0.00000400. The Morgan fingerprint density at radius 3 is 2.29 bits per heavy atom. The van der Waals surface area contributed by atoms with Crippen LogP contribution in [-0.4, -0.2) is 57.2 Å². The average molecular weight is 432 g/mol. The molecule has 0 saturated heterocycles. The van der Waals surface area contributed by atoms with Crippen LogP contribution in [0.4, 0.5) is 0 Å². The highest BCUT2D eigenvalue weighted by Gasteiger charge is 2.21. The smallest absolute Gasteiger partial charge is 0.215 e. The largest absolute Gasteiger partial charge is 0.357 e. The van der Waals surface area contributed by atoms with E-state index in [9.17, 15) is 8.42 Å². The van der Waals surface area contributed by atoms with Gasteiger partial charge in [0.25, 0.3) is 0 Å². The molecule has 0 amide bonds. The first-order valence-electron chi connectivity index (χ1n) is 7.53. The van der Waals surface area contributed by atoms with Crippen molar-refractivity contribution < 1.29 is 8.42 Å². The van der Waals surface area contributed by atoms with Crippen LogP contribution in [0.3, 0.4) is 0 Å². The molecule has 0 spiro atoms. The molecule has 0 aromatic carbocycles. The van der Waals surface area contributed by atoms with Crippen LogP contribution in [0.5, 0.6) is 0 Å². The summed E-state index contributed by atoms with van der Waals surface area (Å²) in [5, 5.41) is 6.24. The Kier molecular flexibility index (Phi) is 10.6. The number of hydrogen-bond acceptors (Lipinski definition) is 3. The minimum absolute atomic E-state index is 0. The molecule has 0 aromatic rings. The predicted octanol–water partition coefficient (Wildman–Crippen LogP) is 1.24. The third-order valence-electron chi connectivity index (χ3n) is 3.30. The zero-order chi connectivity index (χ0) is 15.0. The lowest BCUT2D eigenvalue weighted by atomic mass is 10.4. The van der Waals surface area contributed by atoms with Gasteiger partial charge in [0.2, 0.25) is 10.0 Å². The van der Waals surface area contributed by atoms with Gasteiger partial charge in [-0.1, -0.05) is 13.8 Å². The molecule has 0 radical (unpaired) electrons. The molecule has 1 fully saturated rings. The van der Waals surface area contributed by atoms with Gasteiger partial charge in [-0.15, -0.1) is 24.0 Å². The third-order valence-corrected chi connectivity index (χ3v) is 5.32. The number of aliphatic imine (C=N–C) groups is 1. The summed E-state index contributed by atoms with van der Waals surface area (Å²) in [4.78, 5) is 4.47. The van der Waals surface area contributed by atoms with Gasteiger partial charge in [-0.3, -0.25) is 4.99 Å². The van der Waals surface area contributed by atoms with Crippen molar-refractivity contribution in [2.45, 2.75) is 33.6 Å². The molecule has 1 saturated carbocycles. The van der Waals surface area contributed by atoms with E-state index in [-0.39, 0.29) is 29.7 Å². The molecule has 2 N–H and O–H groups in total. The summed E-state index contributed by atoms with van der Waals surface area (Å²) in [5.41, 5.74) is 0. The molecule has 0 aromatic heterocycles. The Morgan fingerprint density at radius 1 is 1.19 bits per heavy atom. The van der Waals surface area contributed by atoms with Crippen LogP contribution < -0.4 is 10.6 Å². The van der Waals surface area contributed by atoms with Gasteiger partial charge in [-0.2, -0.15) is 0 Å². The van der Waals surface area contributed by atoms with E-state index >= 15 is 0 Å². The fourth-order valence-electron chi connectivity index (χ4n) is 1.91. The summed E-state index contributed by atoms with van der Waals surface area (Å²) >= 11 is 0. The Bertz CT molecular complexity index is 406. The van der Waals surface area contributed by atoms with Gasteiger partial charge in [0.15, 0.2) is 5.96 Å². The molecule has 0 bridgehead atoms. The number of nitrogens with zero attached hydrogens (tertiary/aromatic N) is 2. The molecule has 0 atom stereocenters. The van der Waals surface area contributed by atoms with Crippen LogP contribution in [-0.2, 0) is 10.0 Å². The van der Waals surface area contributed by atoms with E-state index in [1.165, 1.54) is 17.1 Å². The lowest BCUT2D eigenvalue weighted by Gasteiger charge is -2.19. The van der Waals surface area contributed by atoms with E-state index in [1.54, 1.807) is 0 Å². The van der Waals surface area contributed by atoms with Crippen LogP contribution in [0.2, 0.25) is 0 Å². The maximum Gasteiger partial charge on any atom is 0.215 e. The van der Waals surface area contributed by atoms with Crippen molar-refractivity contribution in [3.05, 3.63) is 0 Å². The minimum Gasteiger partial charge on any atom is -0.357 e. The zero-order valence-electron chi connectivity index (χ0n) is 13.3. The molecule has 8 heteroatoms. The SMILES string of the molecule is CCNC(=NCC1CC1)NCCS(=O)(=O)N(CC)CC.I. The first-order valence-corrected chi connectivity index (χ1v) is 9.14. The highest BCUT2D eigenvalue weighted by Crippen LogP contribution is 2.28. The summed E-state index contributed by atoms with van der Waals surface area (Å²) in [6, 6.07) is 0. The Morgan fingerprint density at radius 2 is 1.81 bits per heavy atom. The van der Waals surface area contributed by atoms with Crippen molar-refractivity contribution in [1.29, 1.82) is 0 Å². The molecule has 0 aliphatic heterocycles. The van der Waals surface area contributed by atoms with Gasteiger partial charge in [0, 0.05) is 32.7 Å². The van der Waals surface area contributed by atoms with Crippen molar-refractivity contribution in [3.63, 3.8) is 0 Å². The molecule has 1 aliphatic rings. The zero-order valence-corrected chi connectivity index (χ0v) is 16.4. The second-order valence-corrected chi connectivity index (χ2v) is 7.08. The number of rotatable bonds is 9. The number of guanidine groups is 1. The van der Waals surface area contributed by atoms with Crippen LogP contribution in [0, 0.1) is 5.92 Å². The van der Waals surface area contributed by atoms with Crippen molar-refractivity contribution in [3.8, 4) is 0 Å². The van der Waals surface area contributed by atoms with Gasteiger partial charge in [-0.05, 0) is 25.7 Å². The maximum atomic E-state index is 12.0. The van der Waals surface area contributed by atoms with E-state index in [1.807, 2.05) is 20.8 Å². The summed E-state index contributed by atoms with van der Waals surface area (Å²) in [6.07, 6.45) is 2.53. The Labute approximate surface area is 146 Å². The van der Waals surface area contributed by atoms with Crippen LogP contribution in [0.15, 0.2) is 4.99 Å². The average Bonchev–Trinajstić information content (AvgIpc) is 3.21. The van der Waals surface area contributed by atoms with Crippen molar-refractivity contribution in [2.75, 3.05) is 38.5 Å². The lowest BCUT2D eigenvalue weighted by molar-refractivity contribution is 0.445. The molecule has 0 unspecified atom stereocenters. The fourth-order valence-corrected chi connectivity index (χ4v) is 3.31. The number of sulfonamides is 1.